The van der Waals surface area contributed by atoms with E-state index in [1.54, 1.807) is 6.07 Å². The highest BCUT2D eigenvalue weighted by Gasteiger charge is 2.21. The molecule has 1 aromatic carbocycles. The van der Waals surface area contributed by atoms with Gasteiger partial charge in [-0.2, -0.15) is 0 Å². The van der Waals surface area contributed by atoms with Crippen LogP contribution in [0.5, 0.6) is 0 Å². The number of anilines is 1. The number of para-hydroxylation sites is 1. The maximum absolute atomic E-state index is 11.9. The molecule has 0 unspecified atom stereocenters. The van der Waals surface area contributed by atoms with E-state index in [-0.39, 0.29) is 5.75 Å². The Bertz CT molecular complexity index is 499. The zero-order chi connectivity index (χ0) is 13.0. The highest BCUT2D eigenvalue weighted by Crippen LogP contribution is 2.25. The van der Waals surface area contributed by atoms with Crippen LogP contribution in [0.25, 0.3) is 0 Å². The van der Waals surface area contributed by atoms with E-state index in [1.165, 1.54) is 24.6 Å². The fourth-order valence-electron chi connectivity index (χ4n) is 1.63. The van der Waals surface area contributed by atoms with Crippen molar-refractivity contribution in [2.75, 3.05) is 23.3 Å². The summed E-state index contributed by atoms with van der Waals surface area (Å²) >= 11 is 1.53. The molecular formula is C12H18N2O2S2. The highest BCUT2D eigenvalue weighted by molar-refractivity contribution is 7.99. The van der Waals surface area contributed by atoms with Gasteiger partial charge in [-0.1, -0.05) is 12.1 Å². The van der Waals surface area contributed by atoms with E-state index in [2.05, 4.69) is 10.0 Å². The quantitative estimate of drug-likeness (QED) is 0.752. The Labute approximate surface area is 113 Å². The highest BCUT2D eigenvalue weighted by atomic mass is 32.2. The van der Waals surface area contributed by atoms with E-state index in [0.29, 0.717) is 18.3 Å². The summed E-state index contributed by atoms with van der Waals surface area (Å²) in [6.45, 7) is 0.515. The summed E-state index contributed by atoms with van der Waals surface area (Å²) < 4.78 is 26.5. The van der Waals surface area contributed by atoms with Gasteiger partial charge in [0, 0.05) is 17.5 Å². The summed E-state index contributed by atoms with van der Waals surface area (Å²) in [7, 11) is -3.26. The van der Waals surface area contributed by atoms with Crippen LogP contribution in [0, 0.1) is 0 Å². The van der Waals surface area contributed by atoms with Crippen molar-refractivity contribution in [1.82, 2.24) is 5.32 Å². The third-order valence-electron chi connectivity index (χ3n) is 2.75. The third kappa shape index (κ3) is 4.19. The molecule has 18 heavy (non-hydrogen) atoms. The molecule has 0 saturated heterocycles. The monoisotopic (exact) mass is 286 g/mol. The molecule has 1 aromatic rings. The number of benzene rings is 1. The van der Waals surface area contributed by atoms with Gasteiger partial charge >= 0.3 is 0 Å². The minimum absolute atomic E-state index is 0.117. The van der Waals surface area contributed by atoms with Crippen molar-refractivity contribution in [2.45, 2.75) is 23.8 Å². The summed E-state index contributed by atoms with van der Waals surface area (Å²) in [4.78, 5) is 0.941. The molecule has 1 aliphatic carbocycles. The zero-order valence-corrected chi connectivity index (χ0v) is 12.0. The summed E-state index contributed by atoms with van der Waals surface area (Å²) in [6, 6.07) is 7.97. The van der Waals surface area contributed by atoms with Gasteiger partial charge in [0.05, 0.1) is 11.4 Å². The van der Waals surface area contributed by atoms with Crippen LogP contribution in [-0.4, -0.2) is 33.0 Å². The van der Waals surface area contributed by atoms with E-state index in [1.807, 2.05) is 24.5 Å². The fraction of sp³-hybridized carbons (Fsp3) is 0.500. The van der Waals surface area contributed by atoms with E-state index in [9.17, 15) is 8.42 Å². The lowest BCUT2D eigenvalue weighted by Crippen LogP contribution is -2.28. The Balaban J connectivity index is 1.93. The first-order valence-electron chi connectivity index (χ1n) is 5.97. The number of hydrogen-bond donors (Lipinski definition) is 2. The smallest absolute Gasteiger partial charge is 0.234 e. The van der Waals surface area contributed by atoms with Crippen LogP contribution in [0.1, 0.15) is 12.8 Å². The maximum atomic E-state index is 11.9. The SMILES string of the molecule is CSc1ccccc1NS(=O)(=O)CCNC1CC1. The Kier molecular flexibility index (Phi) is 4.53. The van der Waals surface area contributed by atoms with Crippen LogP contribution in [0.15, 0.2) is 29.2 Å². The molecule has 0 aromatic heterocycles. The van der Waals surface area contributed by atoms with Crippen molar-refractivity contribution in [3.8, 4) is 0 Å². The number of rotatable bonds is 7. The van der Waals surface area contributed by atoms with Gasteiger partial charge in [0.25, 0.3) is 0 Å². The summed E-state index contributed by atoms with van der Waals surface area (Å²) in [5.41, 5.74) is 0.663. The van der Waals surface area contributed by atoms with Crippen molar-refractivity contribution in [3.05, 3.63) is 24.3 Å². The number of nitrogens with one attached hydrogen (secondary N) is 2. The molecule has 0 spiro atoms. The molecule has 1 fully saturated rings. The molecule has 1 saturated carbocycles. The van der Waals surface area contributed by atoms with Crippen LogP contribution < -0.4 is 10.0 Å². The van der Waals surface area contributed by atoms with Crippen molar-refractivity contribution >= 4 is 27.5 Å². The second-order valence-corrected chi connectivity index (χ2v) is 7.04. The first-order valence-corrected chi connectivity index (χ1v) is 8.85. The van der Waals surface area contributed by atoms with E-state index in [4.69, 9.17) is 0 Å². The van der Waals surface area contributed by atoms with Gasteiger partial charge in [-0.05, 0) is 31.2 Å². The summed E-state index contributed by atoms with van der Waals surface area (Å²) in [6.07, 6.45) is 4.27. The molecule has 0 amide bonds. The fourth-order valence-corrected chi connectivity index (χ4v) is 3.25. The van der Waals surface area contributed by atoms with Crippen LogP contribution in [0.3, 0.4) is 0 Å². The molecule has 1 aliphatic rings. The van der Waals surface area contributed by atoms with Crippen molar-refractivity contribution < 1.29 is 8.42 Å². The summed E-state index contributed by atoms with van der Waals surface area (Å²) in [5.74, 6) is 0.117. The standard InChI is InChI=1S/C12H18N2O2S2/c1-17-12-5-3-2-4-11(12)14-18(15,16)9-8-13-10-6-7-10/h2-5,10,13-14H,6-9H2,1H3. The molecule has 0 aliphatic heterocycles. The molecule has 2 rings (SSSR count). The second kappa shape index (κ2) is 5.95. The Hall–Kier alpha value is -0.720. The number of thioether (sulfide) groups is 1. The van der Waals surface area contributed by atoms with Crippen LogP contribution >= 0.6 is 11.8 Å². The Morgan fingerprint density at radius 1 is 1.33 bits per heavy atom. The molecule has 2 N–H and O–H groups in total. The first-order chi connectivity index (χ1) is 8.61. The predicted molar refractivity (Wildman–Crippen MR) is 76.7 cm³/mol. The topological polar surface area (TPSA) is 58.2 Å². The molecule has 0 heterocycles. The van der Waals surface area contributed by atoms with Gasteiger partial charge in [0.2, 0.25) is 10.0 Å². The lowest BCUT2D eigenvalue weighted by Gasteiger charge is -2.11. The minimum Gasteiger partial charge on any atom is -0.313 e. The molecule has 6 heteroatoms. The minimum atomic E-state index is -3.26. The molecule has 4 nitrogen and oxygen atoms in total. The van der Waals surface area contributed by atoms with Gasteiger partial charge < -0.3 is 5.32 Å². The van der Waals surface area contributed by atoms with Gasteiger partial charge in [-0.25, -0.2) is 8.42 Å². The normalized spacial score (nSPS) is 15.6. The Morgan fingerprint density at radius 3 is 2.72 bits per heavy atom. The zero-order valence-electron chi connectivity index (χ0n) is 10.3. The van der Waals surface area contributed by atoms with E-state index < -0.39 is 10.0 Å². The lowest BCUT2D eigenvalue weighted by molar-refractivity contribution is 0.595. The molecular weight excluding hydrogens is 268 g/mol. The molecule has 0 radical (unpaired) electrons. The predicted octanol–water partition coefficient (Wildman–Crippen LogP) is 1.90. The van der Waals surface area contributed by atoms with Crippen molar-refractivity contribution in [2.24, 2.45) is 0 Å². The average molecular weight is 286 g/mol. The third-order valence-corrected chi connectivity index (χ3v) is 4.82. The number of hydrogen-bond acceptors (Lipinski definition) is 4. The molecule has 0 atom stereocenters. The van der Waals surface area contributed by atoms with Gasteiger partial charge in [-0.15, -0.1) is 11.8 Å². The average Bonchev–Trinajstić information content (AvgIpc) is 3.13. The molecule has 0 bridgehead atoms. The van der Waals surface area contributed by atoms with Crippen LogP contribution in [0.4, 0.5) is 5.69 Å². The van der Waals surface area contributed by atoms with Gasteiger partial charge in [-0.3, -0.25) is 4.72 Å². The second-order valence-electron chi connectivity index (χ2n) is 4.35. The van der Waals surface area contributed by atoms with Crippen molar-refractivity contribution in [1.29, 1.82) is 0 Å². The first kappa shape index (κ1) is 13.7. The largest absolute Gasteiger partial charge is 0.313 e. The van der Waals surface area contributed by atoms with Crippen LogP contribution in [0.2, 0.25) is 0 Å². The maximum Gasteiger partial charge on any atom is 0.234 e. The van der Waals surface area contributed by atoms with Crippen LogP contribution in [-0.2, 0) is 10.0 Å². The number of sulfonamides is 1. The van der Waals surface area contributed by atoms with Gasteiger partial charge in [0.15, 0.2) is 0 Å². The van der Waals surface area contributed by atoms with E-state index >= 15 is 0 Å². The van der Waals surface area contributed by atoms with Crippen molar-refractivity contribution in [3.63, 3.8) is 0 Å². The Morgan fingerprint density at radius 2 is 2.06 bits per heavy atom. The van der Waals surface area contributed by atoms with Gasteiger partial charge in [0.1, 0.15) is 0 Å². The molecule has 100 valence electrons. The lowest BCUT2D eigenvalue weighted by atomic mass is 10.3. The van der Waals surface area contributed by atoms with E-state index in [0.717, 1.165) is 4.90 Å². The summed E-state index contributed by atoms with van der Waals surface area (Å²) in [5, 5.41) is 3.20.